The van der Waals surface area contributed by atoms with Gasteiger partial charge in [0, 0.05) is 85.7 Å². The van der Waals surface area contributed by atoms with Crippen LogP contribution in [0.3, 0.4) is 0 Å². The van der Waals surface area contributed by atoms with Crippen molar-refractivity contribution in [3.8, 4) is 11.4 Å². The zero-order valence-electron chi connectivity index (χ0n) is 44.2. The van der Waals surface area contributed by atoms with Gasteiger partial charge in [-0.15, -0.1) is 0 Å². The van der Waals surface area contributed by atoms with Crippen LogP contribution in [0, 0.1) is 0 Å². The highest BCUT2D eigenvalue weighted by Crippen LogP contribution is 2.35. The summed E-state index contributed by atoms with van der Waals surface area (Å²) in [6.45, 7) is 7.27. The summed E-state index contributed by atoms with van der Waals surface area (Å²) in [6, 6.07) is 24.3. The standard InChI is InChI=1S/C58H76N10O8/c1-42(62-54(71)46-15-11-16-47(40-46)65-58(27-31-61-32-28-58)57-64-53(66-67-57)45-25-29-60-30-26-45)44-23-21-43(22-24-44)14-7-4-3-5-9-34-74-36-38-76-39-37-75-35-10-6-8-20-52(70)63-50-18-12-17-48-49(50)41-68(56(48)73)51(19-13-33-69)55(72)59-2/h11-12,15-18,21-26,29-30,33,40,42,51,61,65H,3-10,13-14,19-20,27-28,31-32,34-39,41H2,1-2H3,(H,59,72)(H,62,71)(H,63,70)(H,64,66,67). The van der Waals surface area contributed by atoms with E-state index in [-0.39, 0.29) is 49.1 Å². The summed E-state index contributed by atoms with van der Waals surface area (Å²) in [5.74, 6) is 0.522. The number of amides is 4. The van der Waals surface area contributed by atoms with Crippen molar-refractivity contribution < 1.29 is 38.2 Å². The molecule has 6 N–H and O–H groups in total. The number of likely N-dealkylation sites (N-methyl/N-ethyl adjacent to an activating group) is 1. The highest BCUT2D eigenvalue weighted by Gasteiger charge is 2.39. The van der Waals surface area contributed by atoms with Gasteiger partial charge in [-0.3, -0.25) is 29.3 Å². The molecule has 18 nitrogen and oxygen atoms in total. The maximum absolute atomic E-state index is 13.5. The van der Waals surface area contributed by atoms with Crippen molar-refractivity contribution in [2.45, 2.75) is 121 Å². The molecule has 0 radical (unpaired) electrons. The van der Waals surface area contributed by atoms with Gasteiger partial charge in [0.15, 0.2) is 11.6 Å². The van der Waals surface area contributed by atoms with Gasteiger partial charge in [0.25, 0.3) is 11.8 Å². The summed E-state index contributed by atoms with van der Waals surface area (Å²) >= 11 is 0. The lowest BCUT2D eigenvalue weighted by Gasteiger charge is -2.37. The lowest BCUT2D eigenvalue weighted by molar-refractivity contribution is -0.125. The third kappa shape index (κ3) is 16.6. The minimum Gasteiger partial charge on any atom is -0.379 e. The lowest BCUT2D eigenvalue weighted by Crippen LogP contribution is -2.46. The quantitative estimate of drug-likeness (QED) is 0.0174. The van der Waals surface area contributed by atoms with Gasteiger partial charge in [0.1, 0.15) is 12.3 Å². The number of aryl methyl sites for hydroxylation is 1. The van der Waals surface area contributed by atoms with Gasteiger partial charge in [0.2, 0.25) is 11.8 Å². The van der Waals surface area contributed by atoms with Gasteiger partial charge in [0.05, 0.1) is 38.0 Å². The van der Waals surface area contributed by atoms with E-state index in [9.17, 15) is 24.0 Å². The Bertz CT molecular complexity index is 2620. The summed E-state index contributed by atoms with van der Waals surface area (Å²) in [5, 5.41) is 23.6. The molecule has 2 aliphatic heterocycles. The summed E-state index contributed by atoms with van der Waals surface area (Å²) in [6.07, 6.45) is 15.6. The van der Waals surface area contributed by atoms with Gasteiger partial charge in [-0.25, -0.2) is 4.98 Å². The Balaban J connectivity index is 0.674. The van der Waals surface area contributed by atoms with Crippen molar-refractivity contribution >= 4 is 41.3 Å². The number of anilines is 2. The molecule has 76 heavy (non-hydrogen) atoms. The van der Waals surface area contributed by atoms with E-state index in [0.717, 1.165) is 100.0 Å². The Morgan fingerprint density at radius 1 is 0.816 bits per heavy atom. The summed E-state index contributed by atoms with van der Waals surface area (Å²) in [4.78, 5) is 73.4. The van der Waals surface area contributed by atoms with E-state index < -0.39 is 11.6 Å². The first kappa shape index (κ1) is 56.9. The van der Waals surface area contributed by atoms with Crippen LogP contribution in [0.4, 0.5) is 11.4 Å². The second-order valence-electron chi connectivity index (χ2n) is 19.6. The number of fused-ring (bicyclic) bond motifs is 1. The number of pyridine rings is 1. The Morgan fingerprint density at radius 3 is 2.22 bits per heavy atom. The van der Waals surface area contributed by atoms with Gasteiger partial charge in [-0.1, -0.05) is 62.1 Å². The Morgan fingerprint density at radius 2 is 1.50 bits per heavy atom. The predicted molar refractivity (Wildman–Crippen MR) is 292 cm³/mol. The van der Waals surface area contributed by atoms with E-state index in [1.54, 1.807) is 30.6 Å². The van der Waals surface area contributed by atoms with E-state index in [2.05, 4.69) is 66.0 Å². The first-order chi connectivity index (χ1) is 37.2. The summed E-state index contributed by atoms with van der Waals surface area (Å²) in [5.41, 5.74) is 5.93. The van der Waals surface area contributed by atoms with Crippen LogP contribution in [0.5, 0.6) is 0 Å². The molecule has 2 unspecified atom stereocenters. The van der Waals surface area contributed by atoms with Crippen LogP contribution in [0.15, 0.2) is 91.3 Å². The van der Waals surface area contributed by atoms with Crippen molar-refractivity contribution in [3.05, 3.63) is 125 Å². The van der Waals surface area contributed by atoms with Crippen LogP contribution in [-0.4, -0.2) is 121 Å². The van der Waals surface area contributed by atoms with E-state index >= 15 is 0 Å². The highest BCUT2D eigenvalue weighted by molar-refractivity contribution is 6.04. The van der Waals surface area contributed by atoms with Crippen LogP contribution < -0.4 is 26.6 Å². The molecule has 5 aromatic rings. The molecular weight excluding hydrogens is 965 g/mol. The molecule has 0 spiro atoms. The number of aldehydes is 1. The number of piperidine rings is 1. The van der Waals surface area contributed by atoms with Crippen molar-refractivity contribution in [1.29, 1.82) is 0 Å². The number of aromatic nitrogens is 4. The number of carbonyl (C=O) groups is 5. The Hall–Kier alpha value is -6.86. The van der Waals surface area contributed by atoms with Crippen molar-refractivity contribution in [1.82, 2.24) is 41.0 Å². The Labute approximate surface area is 446 Å². The molecule has 2 atom stereocenters. The largest absolute Gasteiger partial charge is 0.379 e. The number of rotatable bonds is 33. The van der Waals surface area contributed by atoms with E-state index in [4.69, 9.17) is 19.2 Å². The zero-order chi connectivity index (χ0) is 53.4. The normalized spacial score (nSPS) is 14.7. The van der Waals surface area contributed by atoms with Crippen molar-refractivity contribution in [3.63, 3.8) is 0 Å². The van der Waals surface area contributed by atoms with Crippen LogP contribution in [-0.2, 0) is 47.1 Å². The zero-order valence-corrected chi connectivity index (χ0v) is 44.2. The molecule has 0 saturated carbocycles. The fourth-order valence-electron chi connectivity index (χ4n) is 9.76. The van der Waals surface area contributed by atoms with Gasteiger partial charge in [-0.05, 0) is 125 Å². The molecule has 2 aromatic heterocycles. The van der Waals surface area contributed by atoms with Crippen molar-refractivity contribution in [2.75, 3.05) is 70.4 Å². The third-order valence-electron chi connectivity index (χ3n) is 14.1. The number of benzene rings is 3. The summed E-state index contributed by atoms with van der Waals surface area (Å²) < 4.78 is 17.1. The predicted octanol–water partition coefficient (Wildman–Crippen LogP) is 7.84. The monoisotopic (exact) mass is 1040 g/mol. The molecule has 7 rings (SSSR count). The number of hydrogen-bond donors (Lipinski definition) is 6. The molecule has 2 aliphatic rings. The van der Waals surface area contributed by atoms with Crippen LogP contribution in [0.25, 0.3) is 11.4 Å². The summed E-state index contributed by atoms with van der Waals surface area (Å²) in [7, 11) is 1.50. The SMILES string of the molecule is CNC(=O)C(CCC=O)N1Cc2c(NC(=O)CCCCCOCCOCCOCCCCCCCc3ccc(C(C)NC(=O)c4cccc(NC5(c6nc(-c7ccncc7)n[nH]6)CCNCC5)c4)cc3)cccc2C1=O. The number of unbranched alkanes of at least 4 members (excludes halogenated alkanes) is 6. The molecule has 1 fully saturated rings. The number of H-pyrrole nitrogens is 1. The fraction of sp³-hybridized carbons (Fsp3) is 0.483. The lowest BCUT2D eigenvalue weighted by atomic mass is 9.87. The minimum atomic E-state index is -0.765. The van der Waals surface area contributed by atoms with Gasteiger partial charge >= 0.3 is 0 Å². The first-order valence-electron chi connectivity index (χ1n) is 27.1. The molecule has 4 amide bonds. The highest BCUT2D eigenvalue weighted by atomic mass is 16.5. The molecule has 4 heterocycles. The fourth-order valence-corrected chi connectivity index (χ4v) is 9.76. The maximum atomic E-state index is 13.5. The third-order valence-corrected chi connectivity index (χ3v) is 14.1. The molecule has 406 valence electrons. The van der Waals surface area contributed by atoms with Crippen LogP contribution in [0.1, 0.15) is 140 Å². The van der Waals surface area contributed by atoms with Gasteiger partial charge < -0.3 is 50.5 Å². The number of aromatic amines is 1. The first-order valence-corrected chi connectivity index (χ1v) is 27.1. The van der Waals surface area contributed by atoms with E-state index in [0.29, 0.717) is 74.1 Å². The average Bonchev–Trinajstić information content (AvgIpc) is 4.09. The maximum Gasteiger partial charge on any atom is 0.255 e. The second-order valence-corrected chi connectivity index (χ2v) is 19.6. The topological polar surface area (TPSA) is 231 Å². The molecule has 1 saturated heterocycles. The molecule has 3 aromatic carbocycles. The number of ether oxygens (including phenoxy) is 3. The number of nitrogens with one attached hydrogen (secondary N) is 6. The number of carbonyl (C=O) groups excluding carboxylic acids is 5. The minimum absolute atomic E-state index is 0.127. The van der Waals surface area contributed by atoms with Crippen LogP contribution >= 0.6 is 0 Å². The van der Waals surface area contributed by atoms with E-state index in [1.807, 2.05) is 43.3 Å². The molecule has 18 heteroatoms. The van der Waals surface area contributed by atoms with Gasteiger partial charge in [-0.2, -0.15) is 5.10 Å². The second kappa shape index (κ2) is 30.0. The Kier molecular flexibility index (Phi) is 22.5. The van der Waals surface area contributed by atoms with Crippen LogP contribution in [0.2, 0.25) is 0 Å². The number of hydrogen-bond acceptors (Lipinski definition) is 13. The molecule has 0 aliphatic carbocycles. The van der Waals surface area contributed by atoms with E-state index in [1.165, 1.54) is 30.4 Å². The smallest absolute Gasteiger partial charge is 0.255 e. The number of nitrogens with zero attached hydrogens (tertiary/aromatic N) is 4. The molecular formula is C58H76N10O8. The average molecular weight is 1040 g/mol. The molecule has 0 bridgehead atoms. The van der Waals surface area contributed by atoms with Crippen molar-refractivity contribution in [2.24, 2.45) is 0 Å².